The van der Waals surface area contributed by atoms with E-state index in [1.54, 1.807) is 0 Å². The molecule has 8 nitrogen and oxygen atoms in total. The molecule has 0 atom stereocenters. The predicted octanol–water partition coefficient (Wildman–Crippen LogP) is 1.58. The normalized spacial score (nSPS) is 16.8. The van der Waals surface area contributed by atoms with Crippen LogP contribution in [0.15, 0.2) is 4.63 Å². The van der Waals surface area contributed by atoms with E-state index in [0.717, 1.165) is 31.7 Å². The Kier molecular flexibility index (Phi) is 4.10. The van der Waals surface area contributed by atoms with Crippen LogP contribution in [-0.4, -0.2) is 50.6 Å². The third-order valence-corrected chi connectivity index (χ3v) is 3.85. The smallest absolute Gasteiger partial charge is 0.245 e. The molecule has 0 unspecified atom stereocenters. The zero-order valence-corrected chi connectivity index (χ0v) is 13.0. The summed E-state index contributed by atoms with van der Waals surface area (Å²) >= 11 is 0. The van der Waals surface area contributed by atoms with Crippen LogP contribution in [0.4, 0.5) is 11.6 Å². The van der Waals surface area contributed by atoms with Gasteiger partial charge >= 0.3 is 0 Å². The van der Waals surface area contributed by atoms with E-state index in [1.807, 2.05) is 13.8 Å². The third kappa shape index (κ3) is 3.11. The van der Waals surface area contributed by atoms with Crippen molar-refractivity contribution in [2.75, 3.05) is 29.9 Å². The molecule has 2 aromatic rings. The first kappa shape index (κ1) is 15.0. The lowest BCUT2D eigenvalue weighted by molar-refractivity contribution is 0.234. The fourth-order valence-corrected chi connectivity index (χ4v) is 2.58. The highest BCUT2D eigenvalue weighted by molar-refractivity contribution is 5.74. The van der Waals surface area contributed by atoms with Gasteiger partial charge in [-0.2, -0.15) is 0 Å². The molecule has 1 aliphatic heterocycles. The van der Waals surface area contributed by atoms with Gasteiger partial charge in [-0.05, 0) is 37.0 Å². The number of nitrogens with zero attached hydrogens (tertiary/aromatic N) is 5. The lowest BCUT2D eigenvalue weighted by Crippen LogP contribution is -2.37. The number of aromatic nitrogens is 4. The minimum Gasteiger partial charge on any atom is -0.394 e. The Bertz CT molecular complexity index is 633. The Balaban J connectivity index is 2.00. The number of nitrogens with one attached hydrogen (secondary N) is 1. The zero-order valence-electron chi connectivity index (χ0n) is 13.0. The van der Waals surface area contributed by atoms with E-state index in [4.69, 9.17) is 4.63 Å². The highest BCUT2D eigenvalue weighted by Gasteiger charge is 2.24. The van der Waals surface area contributed by atoms with E-state index in [0.29, 0.717) is 17.1 Å². The van der Waals surface area contributed by atoms with Crippen molar-refractivity contribution in [3.63, 3.8) is 0 Å². The Morgan fingerprint density at radius 3 is 2.36 bits per heavy atom. The second-order valence-electron chi connectivity index (χ2n) is 6.38. The van der Waals surface area contributed by atoms with Crippen LogP contribution in [0.3, 0.4) is 0 Å². The van der Waals surface area contributed by atoms with Crippen LogP contribution in [0, 0.1) is 0 Å². The van der Waals surface area contributed by atoms with Gasteiger partial charge in [0.1, 0.15) is 0 Å². The molecule has 0 radical (unpaired) electrons. The van der Waals surface area contributed by atoms with Crippen LogP contribution in [0.25, 0.3) is 11.3 Å². The monoisotopic (exact) mass is 306 g/mol. The van der Waals surface area contributed by atoms with Crippen LogP contribution in [0.1, 0.15) is 39.5 Å². The molecule has 0 bridgehead atoms. The molecule has 0 aliphatic carbocycles. The van der Waals surface area contributed by atoms with E-state index < -0.39 is 5.54 Å². The predicted molar refractivity (Wildman–Crippen MR) is 82.9 cm³/mol. The fraction of sp³-hybridized carbons (Fsp3) is 0.714. The number of fused-ring (bicyclic) bond motifs is 1. The molecule has 2 aromatic heterocycles. The van der Waals surface area contributed by atoms with Crippen LogP contribution in [-0.2, 0) is 0 Å². The number of anilines is 2. The first-order chi connectivity index (χ1) is 10.6. The lowest BCUT2D eigenvalue weighted by atomic mass is 10.1. The fourth-order valence-electron chi connectivity index (χ4n) is 2.58. The minimum absolute atomic E-state index is 0.0107. The van der Waals surface area contributed by atoms with Gasteiger partial charge in [0.15, 0.2) is 11.6 Å². The van der Waals surface area contributed by atoms with Crippen molar-refractivity contribution in [2.45, 2.75) is 45.1 Å². The zero-order chi connectivity index (χ0) is 15.6. The second-order valence-corrected chi connectivity index (χ2v) is 6.38. The summed E-state index contributed by atoms with van der Waals surface area (Å²) in [6.45, 7) is 5.70. The van der Waals surface area contributed by atoms with Crippen molar-refractivity contribution in [2.24, 2.45) is 0 Å². The van der Waals surface area contributed by atoms with E-state index in [2.05, 4.69) is 30.5 Å². The summed E-state index contributed by atoms with van der Waals surface area (Å²) in [6.07, 6.45) is 4.75. The molecule has 1 fully saturated rings. The first-order valence-electron chi connectivity index (χ1n) is 7.73. The molecule has 120 valence electrons. The van der Waals surface area contributed by atoms with Crippen molar-refractivity contribution in [1.82, 2.24) is 20.3 Å². The Morgan fingerprint density at radius 1 is 1.09 bits per heavy atom. The van der Waals surface area contributed by atoms with E-state index in [1.165, 1.54) is 12.8 Å². The molecule has 0 spiro atoms. The molecule has 3 heterocycles. The molecule has 1 saturated heterocycles. The van der Waals surface area contributed by atoms with Gasteiger partial charge in [-0.1, -0.05) is 12.8 Å². The maximum atomic E-state index is 9.50. The quantitative estimate of drug-likeness (QED) is 0.878. The minimum atomic E-state index is -0.500. The van der Waals surface area contributed by atoms with Crippen molar-refractivity contribution >= 4 is 22.9 Å². The maximum absolute atomic E-state index is 9.50. The average molecular weight is 306 g/mol. The molecule has 0 aromatic carbocycles. The van der Waals surface area contributed by atoms with Crippen LogP contribution in [0.5, 0.6) is 0 Å². The summed E-state index contributed by atoms with van der Waals surface area (Å²) in [5, 5.41) is 20.3. The van der Waals surface area contributed by atoms with Gasteiger partial charge in [0.2, 0.25) is 11.3 Å². The summed E-state index contributed by atoms with van der Waals surface area (Å²) in [4.78, 5) is 11.3. The van der Waals surface area contributed by atoms with E-state index in [9.17, 15) is 5.11 Å². The summed E-state index contributed by atoms with van der Waals surface area (Å²) in [7, 11) is 0. The van der Waals surface area contributed by atoms with Crippen molar-refractivity contribution in [3.8, 4) is 0 Å². The molecule has 1 aliphatic rings. The first-order valence-corrected chi connectivity index (χ1v) is 7.73. The number of aliphatic hydroxyl groups is 1. The Hall–Kier alpha value is -1.96. The van der Waals surface area contributed by atoms with Gasteiger partial charge in [0.25, 0.3) is 0 Å². The molecule has 8 heteroatoms. The summed E-state index contributed by atoms with van der Waals surface area (Å²) in [5.74, 6) is 1.37. The summed E-state index contributed by atoms with van der Waals surface area (Å²) in [6, 6.07) is 0. The molecule has 2 N–H and O–H groups in total. The van der Waals surface area contributed by atoms with Crippen molar-refractivity contribution in [3.05, 3.63) is 0 Å². The summed E-state index contributed by atoms with van der Waals surface area (Å²) in [5.41, 5.74) is 0.279. The van der Waals surface area contributed by atoms with Gasteiger partial charge in [0, 0.05) is 13.1 Å². The second kappa shape index (κ2) is 6.04. The Labute approximate surface area is 128 Å². The molecule has 0 saturated carbocycles. The number of rotatable bonds is 4. The Morgan fingerprint density at radius 2 is 1.73 bits per heavy atom. The van der Waals surface area contributed by atoms with Gasteiger partial charge in [-0.25, -0.2) is 14.6 Å². The van der Waals surface area contributed by atoms with E-state index >= 15 is 0 Å². The largest absolute Gasteiger partial charge is 0.394 e. The van der Waals surface area contributed by atoms with Gasteiger partial charge < -0.3 is 15.3 Å². The highest BCUT2D eigenvalue weighted by Crippen LogP contribution is 2.28. The van der Waals surface area contributed by atoms with Crippen LogP contribution < -0.4 is 10.2 Å². The average Bonchev–Trinajstić information content (AvgIpc) is 2.78. The molecule has 22 heavy (non-hydrogen) atoms. The van der Waals surface area contributed by atoms with Gasteiger partial charge in [-0.3, -0.25) is 0 Å². The molecular weight excluding hydrogens is 284 g/mol. The molecule has 3 rings (SSSR count). The third-order valence-electron chi connectivity index (χ3n) is 3.85. The lowest BCUT2D eigenvalue weighted by Gasteiger charge is -2.28. The van der Waals surface area contributed by atoms with Crippen molar-refractivity contribution in [1.29, 1.82) is 0 Å². The molecule has 0 amide bonds. The maximum Gasteiger partial charge on any atom is 0.245 e. The van der Waals surface area contributed by atoms with Gasteiger partial charge in [0.05, 0.1) is 12.1 Å². The number of hydrogen-bond donors (Lipinski definition) is 2. The topological polar surface area (TPSA) is 100 Å². The highest BCUT2D eigenvalue weighted by atomic mass is 16.6. The molecular formula is C14H22N6O2. The van der Waals surface area contributed by atoms with E-state index in [-0.39, 0.29) is 6.61 Å². The standard InChI is InChI=1S/C14H22N6O2/c1-14(2,9-21)17-12-13(20-7-5-3-4-6-8-20)16-11-10(15-12)18-22-19-11/h21H,3-9H2,1-2H3,(H,15,17,18). The van der Waals surface area contributed by atoms with Gasteiger partial charge in [-0.15, -0.1) is 0 Å². The summed E-state index contributed by atoms with van der Waals surface area (Å²) < 4.78 is 4.72. The van der Waals surface area contributed by atoms with Crippen LogP contribution in [0.2, 0.25) is 0 Å². The van der Waals surface area contributed by atoms with Crippen LogP contribution >= 0.6 is 0 Å². The SMILES string of the molecule is CC(C)(CO)Nc1nc2nonc2nc1N1CCCCCC1. The number of hydrogen-bond acceptors (Lipinski definition) is 8. The number of aliphatic hydroxyl groups excluding tert-OH is 1. The van der Waals surface area contributed by atoms with Crippen molar-refractivity contribution < 1.29 is 9.74 Å².